The molecule has 0 bridgehead atoms. The molecule has 318 valence electrons. The van der Waals surface area contributed by atoms with Crippen molar-refractivity contribution >= 4 is 64.8 Å². The van der Waals surface area contributed by atoms with E-state index in [0.29, 0.717) is 5.56 Å². The first-order valence-corrected chi connectivity index (χ1v) is 18.7. The number of benzene rings is 1. The molecule has 12 N–H and O–H groups in total. The Hall–Kier alpha value is -5.34. The van der Waals surface area contributed by atoms with Gasteiger partial charge in [0.1, 0.15) is 36.8 Å². The van der Waals surface area contributed by atoms with Crippen molar-refractivity contribution < 1.29 is 58.1 Å². The van der Waals surface area contributed by atoms with Crippen molar-refractivity contribution in [3.63, 3.8) is 0 Å². The average molecular weight is 827 g/mol. The zero-order chi connectivity index (χ0) is 43.4. The number of primary amides is 2. The molecule has 0 radical (unpaired) electrons. The van der Waals surface area contributed by atoms with Crippen molar-refractivity contribution in [2.45, 2.75) is 109 Å². The number of alkyl halides is 1. The number of nitrogens with two attached hydrogens (primary N) is 2. The Bertz CT molecular complexity index is 1560. The van der Waals surface area contributed by atoms with Crippen LogP contribution in [0.4, 0.5) is 4.79 Å². The second-order valence-electron chi connectivity index (χ2n) is 14.0. The molecule has 0 aliphatic carbocycles. The lowest BCUT2D eigenvalue weighted by Crippen LogP contribution is -2.62. The maximum Gasteiger partial charge on any atom is 0.408 e. The van der Waals surface area contributed by atoms with E-state index in [-0.39, 0.29) is 31.8 Å². The zero-order valence-corrected chi connectivity index (χ0v) is 33.3. The second kappa shape index (κ2) is 25.0. The van der Waals surface area contributed by atoms with Gasteiger partial charge in [0, 0.05) is 6.42 Å². The van der Waals surface area contributed by atoms with Gasteiger partial charge < -0.3 is 58.3 Å². The third-order valence-electron chi connectivity index (χ3n) is 8.21. The number of carbonyl (C=O) groups is 9. The number of ether oxygens (including phenoxy) is 1. The van der Waals surface area contributed by atoms with Crippen molar-refractivity contribution in [3.05, 3.63) is 35.9 Å². The van der Waals surface area contributed by atoms with Crippen molar-refractivity contribution in [1.29, 1.82) is 0 Å². The zero-order valence-electron chi connectivity index (χ0n) is 32.5. The Morgan fingerprint density at radius 2 is 1.21 bits per heavy atom. The molecule has 1 aromatic rings. The summed E-state index contributed by atoms with van der Waals surface area (Å²) in [6.07, 6.45) is -3.68. The largest absolute Gasteiger partial charge is 0.445 e. The lowest BCUT2D eigenvalue weighted by Gasteiger charge is -2.28. The normalized spacial score (nSPS) is 14.7. The SMILES string of the molecule is CC(C)C[C@H](NC(=O)[C@@H](NC(=O)[C@H](CO)NC(=O)[C@H](CC(N)=O)NC(=O)[C@@H](NC(=O)OCc1ccccc1)C(C)C)[C@@H](C)O)C(=O)N[C@@H](CCC(N)=O)C(=O)CCl. The molecule has 0 aromatic heterocycles. The summed E-state index contributed by atoms with van der Waals surface area (Å²) in [5.74, 6) is -8.76. The van der Waals surface area contributed by atoms with Crippen LogP contribution < -0.4 is 43.4 Å². The van der Waals surface area contributed by atoms with Crippen molar-refractivity contribution in [1.82, 2.24) is 31.9 Å². The average Bonchev–Trinajstić information content (AvgIpc) is 3.14. The fourth-order valence-corrected chi connectivity index (χ4v) is 5.34. The molecular weight excluding hydrogens is 772 g/mol. The van der Waals surface area contributed by atoms with E-state index in [4.69, 9.17) is 27.8 Å². The minimum Gasteiger partial charge on any atom is -0.445 e. The molecule has 0 spiro atoms. The molecule has 0 heterocycles. The highest BCUT2D eigenvalue weighted by Crippen LogP contribution is 2.10. The maximum atomic E-state index is 13.4. The van der Waals surface area contributed by atoms with E-state index < -0.39 is 120 Å². The van der Waals surface area contributed by atoms with Gasteiger partial charge in [-0.2, -0.15) is 0 Å². The van der Waals surface area contributed by atoms with Crippen molar-refractivity contribution in [2.24, 2.45) is 23.3 Å². The van der Waals surface area contributed by atoms with Gasteiger partial charge >= 0.3 is 6.09 Å². The molecular formula is C36H55ClN8O12. The molecule has 0 fully saturated rings. The molecule has 21 heteroatoms. The number of Topliss-reactive ketones (excluding diaryl/α,β-unsaturated/α-hetero) is 1. The molecule has 0 saturated carbocycles. The van der Waals surface area contributed by atoms with E-state index in [2.05, 4.69) is 31.9 Å². The highest BCUT2D eigenvalue weighted by molar-refractivity contribution is 6.28. The lowest BCUT2D eigenvalue weighted by atomic mass is 10.0. The van der Waals surface area contributed by atoms with E-state index >= 15 is 0 Å². The van der Waals surface area contributed by atoms with Gasteiger partial charge in [0.15, 0.2) is 5.78 Å². The first kappa shape index (κ1) is 49.7. The van der Waals surface area contributed by atoms with Crippen LogP contribution in [0.1, 0.15) is 65.9 Å². The number of ketones is 1. The van der Waals surface area contributed by atoms with Crippen molar-refractivity contribution in [2.75, 3.05) is 12.5 Å². The number of hydrogen-bond acceptors (Lipinski definition) is 12. The van der Waals surface area contributed by atoms with Crippen LogP contribution in [0.5, 0.6) is 0 Å². The van der Waals surface area contributed by atoms with E-state index in [1.54, 1.807) is 58.0 Å². The van der Waals surface area contributed by atoms with E-state index in [1.807, 2.05) is 0 Å². The Labute approximate surface area is 335 Å². The minimum atomic E-state index is -1.81. The number of alkyl carbamates (subject to hydrolysis) is 1. The number of amides is 8. The monoisotopic (exact) mass is 826 g/mol. The van der Waals surface area contributed by atoms with Gasteiger partial charge in [-0.05, 0) is 37.2 Å². The summed E-state index contributed by atoms with van der Waals surface area (Å²) in [6.45, 7) is 6.63. The highest BCUT2D eigenvalue weighted by atomic mass is 35.5. The summed E-state index contributed by atoms with van der Waals surface area (Å²) in [6, 6.07) is -0.340. The smallest absolute Gasteiger partial charge is 0.408 e. The molecule has 1 aromatic carbocycles. The summed E-state index contributed by atoms with van der Waals surface area (Å²) >= 11 is 5.66. The maximum absolute atomic E-state index is 13.4. The first-order valence-electron chi connectivity index (χ1n) is 18.1. The van der Waals surface area contributed by atoms with Gasteiger partial charge in [0.05, 0.1) is 31.1 Å². The fourth-order valence-electron chi connectivity index (χ4n) is 5.15. The van der Waals surface area contributed by atoms with Gasteiger partial charge in [-0.25, -0.2) is 4.79 Å². The molecule has 0 unspecified atom stereocenters. The predicted molar refractivity (Wildman–Crippen MR) is 204 cm³/mol. The molecule has 8 amide bonds. The number of rotatable bonds is 25. The highest BCUT2D eigenvalue weighted by Gasteiger charge is 2.35. The molecule has 0 saturated heterocycles. The van der Waals surface area contributed by atoms with Crippen LogP contribution in [0.25, 0.3) is 0 Å². The summed E-state index contributed by atoms with van der Waals surface area (Å²) in [5.41, 5.74) is 11.2. The number of aliphatic hydroxyl groups excluding tert-OH is 2. The number of hydrogen-bond donors (Lipinski definition) is 10. The van der Waals surface area contributed by atoms with Gasteiger partial charge in [-0.15, -0.1) is 11.6 Å². The van der Waals surface area contributed by atoms with Gasteiger partial charge in [0.2, 0.25) is 41.4 Å². The van der Waals surface area contributed by atoms with Crippen LogP contribution in [0.15, 0.2) is 30.3 Å². The van der Waals surface area contributed by atoms with Crippen molar-refractivity contribution in [3.8, 4) is 0 Å². The number of aliphatic hydroxyl groups is 2. The topological polar surface area (TPSA) is 328 Å². The van der Waals surface area contributed by atoms with E-state index in [0.717, 1.165) is 6.92 Å². The number of carbonyl (C=O) groups excluding carboxylic acids is 9. The van der Waals surface area contributed by atoms with Gasteiger partial charge in [0.25, 0.3) is 0 Å². The number of halogens is 1. The summed E-state index contributed by atoms with van der Waals surface area (Å²) in [4.78, 5) is 115. The van der Waals surface area contributed by atoms with Crippen LogP contribution >= 0.6 is 11.6 Å². The van der Waals surface area contributed by atoms with Crippen LogP contribution in [-0.2, 0) is 49.7 Å². The molecule has 7 atom stereocenters. The third kappa shape index (κ3) is 18.4. The second-order valence-corrected chi connectivity index (χ2v) is 14.3. The van der Waals surface area contributed by atoms with Crippen LogP contribution in [0, 0.1) is 11.8 Å². The molecule has 0 aliphatic heterocycles. The Balaban J connectivity index is 3.11. The Kier molecular flexibility index (Phi) is 21.8. The Morgan fingerprint density at radius 1 is 0.684 bits per heavy atom. The summed E-state index contributed by atoms with van der Waals surface area (Å²) < 4.78 is 5.18. The molecule has 1 rings (SSSR count). The predicted octanol–water partition coefficient (Wildman–Crippen LogP) is -2.27. The summed E-state index contributed by atoms with van der Waals surface area (Å²) in [5, 5.41) is 34.4. The Morgan fingerprint density at radius 3 is 1.72 bits per heavy atom. The van der Waals surface area contributed by atoms with Gasteiger partial charge in [-0.3, -0.25) is 38.4 Å². The standard InChI is InChI=1S/C36H55ClN8O12/c1-18(2)13-23(31(51)40-22(26(48)15-37)11-12-27(38)49)41-35(55)30(20(5)47)44-33(53)25(16-46)43-32(52)24(14-28(39)50)42-34(54)29(19(3)4)45-36(56)57-17-21-9-7-6-8-10-21/h6-10,18-20,22-25,29-30,46-47H,11-17H2,1-5H3,(H2,38,49)(H2,39,50)(H,40,51)(H,41,55)(H,42,54)(H,43,52)(H,44,53)(H,45,56)/t20-,22+,23+,24+,25+,29+,30+/m1/s1. The first-order chi connectivity index (χ1) is 26.7. The molecule has 20 nitrogen and oxygen atoms in total. The molecule has 57 heavy (non-hydrogen) atoms. The van der Waals surface area contributed by atoms with Crippen LogP contribution in [0.3, 0.4) is 0 Å². The lowest BCUT2D eigenvalue weighted by molar-refractivity contribution is -0.137. The third-order valence-corrected chi connectivity index (χ3v) is 8.47. The van der Waals surface area contributed by atoms with E-state index in [1.165, 1.54) is 0 Å². The van der Waals surface area contributed by atoms with E-state index in [9.17, 15) is 53.4 Å². The number of nitrogens with one attached hydrogen (secondary N) is 6. The van der Waals surface area contributed by atoms with Crippen LogP contribution in [0.2, 0.25) is 0 Å². The minimum absolute atomic E-state index is 0.0278. The van der Waals surface area contributed by atoms with Gasteiger partial charge in [-0.1, -0.05) is 58.0 Å². The van der Waals surface area contributed by atoms with Crippen LogP contribution in [-0.4, -0.2) is 118 Å². The fraction of sp³-hybridized carbons (Fsp3) is 0.583. The molecule has 0 aliphatic rings. The quantitative estimate of drug-likeness (QED) is 0.0467. The summed E-state index contributed by atoms with van der Waals surface area (Å²) in [7, 11) is 0.